The number of rotatable bonds is 5. The van der Waals surface area contributed by atoms with Crippen molar-refractivity contribution >= 4 is 21.4 Å². The second kappa shape index (κ2) is 6.32. The van der Waals surface area contributed by atoms with Crippen LogP contribution in [-0.4, -0.2) is 28.2 Å². The zero-order valence-corrected chi connectivity index (χ0v) is 12.6. The molecule has 0 aromatic carbocycles. The van der Waals surface area contributed by atoms with Crippen LogP contribution in [0.1, 0.15) is 23.3 Å². The van der Waals surface area contributed by atoms with Gasteiger partial charge in [-0.25, -0.2) is 13.1 Å². The molecule has 1 atom stereocenters. The summed E-state index contributed by atoms with van der Waals surface area (Å²) >= 11 is 1.40. The molecule has 19 heavy (non-hydrogen) atoms. The largest absolute Gasteiger partial charge is 0.381 e. The molecule has 0 spiro atoms. The Morgan fingerprint density at radius 1 is 1.58 bits per heavy atom. The maximum absolute atomic E-state index is 12.3. The quantitative estimate of drug-likeness (QED) is 0.857. The smallest absolute Gasteiger partial charge is 0.241 e. The third kappa shape index (κ3) is 3.55. The standard InChI is InChI=1S/C12H20N2O3S2/c1-9-8-18-11(5-13)12(9)19(15,16)14-6-10-3-2-4-17-7-10/h8,10,14H,2-7,13H2,1H3. The van der Waals surface area contributed by atoms with Crippen LogP contribution in [0.2, 0.25) is 0 Å². The fraction of sp³-hybridized carbons (Fsp3) is 0.667. The van der Waals surface area contributed by atoms with E-state index in [4.69, 9.17) is 10.5 Å². The molecule has 7 heteroatoms. The van der Waals surface area contributed by atoms with E-state index < -0.39 is 10.0 Å². The number of ether oxygens (including phenoxy) is 1. The third-order valence-corrected chi connectivity index (χ3v) is 6.17. The molecule has 2 heterocycles. The maximum atomic E-state index is 12.3. The predicted molar refractivity (Wildman–Crippen MR) is 75.7 cm³/mol. The van der Waals surface area contributed by atoms with Gasteiger partial charge in [-0.15, -0.1) is 11.3 Å². The van der Waals surface area contributed by atoms with E-state index in [-0.39, 0.29) is 12.5 Å². The summed E-state index contributed by atoms with van der Waals surface area (Å²) in [6.07, 6.45) is 2.01. The molecule has 1 aliphatic heterocycles. The van der Waals surface area contributed by atoms with Crippen LogP contribution in [-0.2, 0) is 21.3 Å². The van der Waals surface area contributed by atoms with E-state index in [1.165, 1.54) is 11.3 Å². The summed E-state index contributed by atoms with van der Waals surface area (Å²) in [6, 6.07) is 0. The van der Waals surface area contributed by atoms with Gasteiger partial charge in [-0.3, -0.25) is 0 Å². The monoisotopic (exact) mass is 304 g/mol. The number of aryl methyl sites for hydroxylation is 1. The van der Waals surface area contributed by atoms with Crippen molar-refractivity contribution in [3.8, 4) is 0 Å². The van der Waals surface area contributed by atoms with Crippen LogP contribution in [0.5, 0.6) is 0 Å². The molecule has 1 saturated heterocycles. The molecule has 0 saturated carbocycles. The molecule has 5 nitrogen and oxygen atoms in total. The normalized spacial score (nSPS) is 20.6. The molecule has 1 aliphatic rings. The van der Waals surface area contributed by atoms with E-state index in [0.717, 1.165) is 25.0 Å². The number of nitrogens with two attached hydrogens (primary N) is 1. The first-order valence-electron chi connectivity index (χ1n) is 6.39. The number of hydrogen-bond acceptors (Lipinski definition) is 5. The van der Waals surface area contributed by atoms with Crippen molar-refractivity contribution in [1.82, 2.24) is 4.72 Å². The van der Waals surface area contributed by atoms with Gasteiger partial charge in [0.2, 0.25) is 10.0 Å². The summed E-state index contributed by atoms with van der Waals surface area (Å²) < 4.78 is 32.7. The number of sulfonamides is 1. The molecule has 1 unspecified atom stereocenters. The fourth-order valence-electron chi connectivity index (χ4n) is 2.26. The zero-order valence-electron chi connectivity index (χ0n) is 11.0. The van der Waals surface area contributed by atoms with Gasteiger partial charge in [-0.1, -0.05) is 0 Å². The van der Waals surface area contributed by atoms with E-state index >= 15 is 0 Å². The molecule has 1 aromatic heterocycles. The van der Waals surface area contributed by atoms with Gasteiger partial charge >= 0.3 is 0 Å². The van der Waals surface area contributed by atoms with E-state index in [9.17, 15) is 8.42 Å². The minimum absolute atomic E-state index is 0.251. The highest BCUT2D eigenvalue weighted by atomic mass is 32.2. The van der Waals surface area contributed by atoms with Gasteiger partial charge in [0, 0.05) is 24.6 Å². The van der Waals surface area contributed by atoms with Crippen molar-refractivity contribution in [3.05, 3.63) is 15.8 Å². The highest BCUT2D eigenvalue weighted by Gasteiger charge is 2.24. The molecule has 2 rings (SSSR count). The summed E-state index contributed by atoms with van der Waals surface area (Å²) in [4.78, 5) is 1.07. The summed E-state index contributed by atoms with van der Waals surface area (Å²) in [7, 11) is -3.46. The Bertz CT molecular complexity index is 519. The van der Waals surface area contributed by atoms with Crippen LogP contribution in [0.25, 0.3) is 0 Å². The second-order valence-electron chi connectivity index (χ2n) is 4.81. The highest BCUT2D eigenvalue weighted by molar-refractivity contribution is 7.89. The minimum Gasteiger partial charge on any atom is -0.381 e. The zero-order chi connectivity index (χ0) is 13.9. The van der Waals surface area contributed by atoms with Crippen LogP contribution in [0.4, 0.5) is 0 Å². The average Bonchev–Trinajstić information content (AvgIpc) is 2.80. The Balaban J connectivity index is 2.07. The highest BCUT2D eigenvalue weighted by Crippen LogP contribution is 2.26. The first-order chi connectivity index (χ1) is 9.04. The van der Waals surface area contributed by atoms with Crippen molar-refractivity contribution in [2.45, 2.75) is 31.2 Å². The summed E-state index contributed by atoms with van der Waals surface area (Å²) in [5, 5.41) is 1.83. The lowest BCUT2D eigenvalue weighted by molar-refractivity contribution is 0.0568. The van der Waals surface area contributed by atoms with Crippen molar-refractivity contribution in [1.29, 1.82) is 0 Å². The molecule has 0 bridgehead atoms. The van der Waals surface area contributed by atoms with Crippen LogP contribution >= 0.6 is 11.3 Å². The number of thiophene rings is 1. The van der Waals surface area contributed by atoms with Gasteiger partial charge in [-0.05, 0) is 36.6 Å². The van der Waals surface area contributed by atoms with Crippen molar-refractivity contribution in [3.63, 3.8) is 0 Å². The third-order valence-electron chi connectivity index (χ3n) is 3.26. The lowest BCUT2D eigenvalue weighted by atomic mass is 10.0. The van der Waals surface area contributed by atoms with Crippen molar-refractivity contribution in [2.24, 2.45) is 11.7 Å². The lowest BCUT2D eigenvalue weighted by Crippen LogP contribution is -2.33. The van der Waals surface area contributed by atoms with Crippen LogP contribution < -0.4 is 10.5 Å². The van der Waals surface area contributed by atoms with Gasteiger partial charge < -0.3 is 10.5 Å². The second-order valence-corrected chi connectivity index (χ2v) is 7.48. The van der Waals surface area contributed by atoms with E-state index in [1.54, 1.807) is 6.92 Å². The number of nitrogens with one attached hydrogen (secondary N) is 1. The summed E-state index contributed by atoms with van der Waals surface area (Å²) in [5.41, 5.74) is 6.36. The van der Waals surface area contributed by atoms with Gasteiger partial charge in [0.05, 0.1) is 6.61 Å². The molecule has 0 radical (unpaired) electrons. The topological polar surface area (TPSA) is 81.4 Å². The van der Waals surface area contributed by atoms with Crippen molar-refractivity contribution < 1.29 is 13.2 Å². The molecule has 1 fully saturated rings. The first kappa shape index (κ1) is 14.9. The Morgan fingerprint density at radius 3 is 3.00 bits per heavy atom. The van der Waals surface area contributed by atoms with Gasteiger partial charge in [0.1, 0.15) is 4.90 Å². The molecule has 0 amide bonds. The summed E-state index contributed by atoms with van der Waals surface area (Å²) in [5.74, 6) is 0.267. The average molecular weight is 304 g/mol. The Morgan fingerprint density at radius 2 is 2.37 bits per heavy atom. The molecule has 0 aliphatic carbocycles. The van der Waals surface area contributed by atoms with E-state index in [0.29, 0.717) is 22.9 Å². The van der Waals surface area contributed by atoms with Gasteiger partial charge in [0.25, 0.3) is 0 Å². The first-order valence-corrected chi connectivity index (χ1v) is 8.75. The SMILES string of the molecule is Cc1csc(CN)c1S(=O)(=O)NCC1CCCOC1. The molecular formula is C12H20N2O3S2. The molecule has 108 valence electrons. The van der Waals surface area contributed by atoms with Gasteiger partial charge in [-0.2, -0.15) is 0 Å². The van der Waals surface area contributed by atoms with Crippen LogP contribution in [0, 0.1) is 12.8 Å². The predicted octanol–water partition coefficient (Wildman–Crippen LogP) is 1.22. The molecule has 1 aromatic rings. The van der Waals surface area contributed by atoms with E-state index in [2.05, 4.69) is 4.72 Å². The molecule has 3 N–H and O–H groups in total. The number of hydrogen-bond donors (Lipinski definition) is 2. The Labute approximate surface area is 118 Å². The lowest BCUT2D eigenvalue weighted by Gasteiger charge is -2.22. The fourth-order valence-corrected chi connectivity index (χ4v) is 5.07. The Kier molecular flexibility index (Phi) is 4.97. The van der Waals surface area contributed by atoms with Gasteiger partial charge in [0.15, 0.2) is 0 Å². The van der Waals surface area contributed by atoms with E-state index in [1.807, 2.05) is 5.38 Å². The van der Waals surface area contributed by atoms with Crippen LogP contribution in [0.3, 0.4) is 0 Å². The van der Waals surface area contributed by atoms with Crippen molar-refractivity contribution in [2.75, 3.05) is 19.8 Å². The molecular weight excluding hydrogens is 284 g/mol. The van der Waals surface area contributed by atoms with Crippen LogP contribution in [0.15, 0.2) is 10.3 Å². The summed E-state index contributed by atoms with van der Waals surface area (Å²) in [6.45, 7) is 3.90. The minimum atomic E-state index is -3.46. The maximum Gasteiger partial charge on any atom is 0.241 e. The Hall–Kier alpha value is -0.470.